The third-order valence-corrected chi connectivity index (χ3v) is 0.767. The Labute approximate surface area is 60.5 Å². The van der Waals surface area contributed by atoms with Gasteiger partial charge in [-0.15, -0.1) is 0 Å². The highest BCUT2D eigenvalue weighted by Crippen LogP contribution is 1.71. The van der Waals surface area contributed by atoms with Gasteiger partial charge in [-0.05, 0) is 12.2 Å². The van der Waals surface area contributed by atoms with Crippen molar-refractivity contribution in [2.24, 2.45) is 0 Å². The molecule has 1 rings (SSSR count). The molecule has 2 heteroatoms. The van der Waals surface area contributed by atoms with Gasteiger partial charge in [-0.2, -0.15) is 0 Å². The number of nitrogens with two attached hydrogens (primary N) is 1. The van der Waals surface area contributed by atoms with Gasteiger partial charge in [0.1, 0.15) is 0 Å². The van der Waals surface area contributed by atoms with E-state index in [4.69, 9.17) is 0 Å². The third kappa shape index (κ3) is 2.82. The second-order valence-corrected chi connectivity index (χ2v) is 1.28. The standard InChI is InChI=1S/C5H7N.HI/c1-2-4-6-5-3-1;/h1-4,6H,5H2;1H. The van der Waals surface area contributed by atoms with Gasteiger partial charge in [-0.25, -0.2) is 0 Å². The minimum absolute atomic E-state index is 0. The lowest BCUT2D eigenvalue weighted by molar-refractivity contribution is -0.578. The Bertz CT molecular complexity index is 74.1. The molecule has 1 nitrogen and oxygen atoms in total. The molecule has 0 unspecified atom stereocenters. The van der Waals surface area contributed by atoms with E-state index in [1.54, 1.807) is 0 Å². The molecule has 1 heterocycles. The van der Waals surface area contributed by atoms with Crippen molar-refractivity contribution in [3.05, 3.63) is 24.4 Å². The molecule has 0 atom stereocenters. The number of quaternary nitrogens is 1. The summed E-state index contributed by atoms with van der Waals surface area (Å²) >= 11 is 0. The lowest BCUT2D eigenvalue weighted by Crippen LogP contribution is -3.00. The van der Waals surface area contributed by atoms with Gasteiger partial charge < -0.3 is 29.3 Å². The zero-order chi connectivity index (χ0) is 4.24. The lowest BCUT2D eigenvalue weighted by Gasteiger charge is -1.88. The Morgan fingerprint density at radius 3 is 2.29 bits per heavy atom. The van der Waals surface area contributed by atoms with E-state index in [0.29, 0.717) is 0 Å². The van der Waals surface area contributed by atoms with E-state index in [-0.39, 0.29) is 24.0 Å². The minimum Gasteiger partial charge on any atom is -1.00 e. The van der Waals surface area contributed by atoms with Gasteiger partial charge in [0.25, 0.3) is 0 Å². The molecule has 0 spiro atoms. The average Bonchev–Trinajstić information content (AvgIpc) is 1.72. The average molecular weight is 209 g/mol. The van der Waals surface area contributed by atoms with Crippen LogP contribution in [0.4, 0.5) is 0 Å². The molecule has 7 heavy (non-hydrogen) atoms. The van der Waals surface area contributed by atoms with Gasteiger partial charge in [0.15, 0.2) is 0 Å². The molecule has 2 N–H and O–H groups in total. The summed E-state index contributed by atoms with van der Waals surface area (Å²) in [6.07, 6.45) is 8.27. The van der Waals surface area contributed by atoms with Crippen LogP contribution in [0.2, 0.25) is 0 Å². The first kappa shape index (κ1) is 7.17. The molecule has 0 bridgehead atoms. The SMILES string of the molecule is C1=CC[NH2+]C=C1.[I-]. The highest BCUT2D eigenvalue weighted by Gasteiger charge is 1.79. The maximum atomic E-state index is 2.12. The molecule has 0 aliphatic carbocycles. The van der Waals surface area contributed by atoms with Crippen molar-refractivity contribution in [3.8, 4) is 0 Å². The fourth-order valence-corrected chi connectivity index (χ4v) is 0.457. The molecule has 0 radical (unpaired) electrons. The van der Waals surface area contributed by atoms with E-state index in [0.717, 1.165) is 6.54 Å². The van der Waals surface area contributed by atoms with Crippen molar-refractivity contribution in [2.45, 2.75) is 0 Å². The lowest BCUT2D eigenvalue weighted by atomic mass is 10.4. The summed E-state index contributed by atoms with van der Waals surface area (Å²) < 4.78 is 0. The first-order chi connectivity index (χ1) is 3.00. The number of allylic oxidation sites excluding steroid dienone is 2. The van der Waals surface area contributed by atoms with Crippen LogP contribution >= 0.6 is 0 Å². The molecule has 0 fully saturated rings. The monoisotopic (exact) mass is 209 g/mol. The van der Waals surface area contributed by atoms with E-state index in [2.05, 4.69) is 23.7 Å². The highest BCUT2D eigenvalue weighted by molar-refractivity contribution is 5.00. The normalized spacial score (nSPS) is 16.0. The molecule has 0 amide bonds. The quantitative estimate of drug-likeness (QED) is 0.401. The Hall–Kier alpha value is 0.170. The second kappa shape index (κ2) is 4.33. The molecule has 40 valence electrons. The fourth-order valence-electron chi connectivity index (χ4n) is 0.457. The van der Waals surface area contributed by atoms with Crippen molar-refractivity contribution in [1.82, 2.24) is 0 Å². The van der Waals surface area contributed by atoms with E-state index in [9.17, 15) is 0 Å². The summed E-state index contributed by atoms with van der Waals surface area (Å²) in [6, 6.07) is 0. The van der Waals surface area contributed by atoms with Crippen LogP contribution in [-0.2, 0) is 0 Å². The molecule has 0 aromatic carbocycles. The van der Waals surface area contributed by atoms with Crippen molar-refractivity contribution in [1.29, 1.82) is 0 Å². The Kier molecular flexibility index (Phi) is 4.44. The van der Waals surface area contributed by atoms with E-state index >= 15 is 0 Å². The Morgan fingerprint density at radius 1 is 1.29 bits per heavy atom. The smallest absolute Gasteiger partial charge is 0.0987 e. The number of rotatable bonds is 0. The maximum absolute atomic E-state index is 2.12. The van der Waals surface area contributed by atoms with Crippen molar-refractivity contribution in [3.63, 3.8) is 0 Å². The summed E-state index contributed by atoms with van der Waals surface area (Å²) in [5, 5.41) is 2.12. The molecule has 0 aromatic rings. The predicted molar refractivity (Wildman–Crippen MR) is 25.1 cm³/mol. The summed E-state index contributed by atoms with van der Waals surface area (Å²) in [5.41, 5.74) is 0. The van der Waals surface area contributed by atoms with Gasteiger partial charge in [0.05, 0.1) is 12.7 Å². The van der Waals surface area contributed by atoms with Crippen LogP contribution in [0.1, 0.15) is 0 Å². The summed E-state index contributed by atoms with van der Waals surface area (Å²) in [4.78, 5) is 0. The number of hydrogen-bond acceptors (Lipinski definition) is 0. The largest absolute Gasteiger partial charge is 1.00 e. The zero-order valence-corrected chi connectivity index (χ0v) is 6.13. The van der Waals surface area contributed by atoms with Crippen molar-refractivity contribution in [2.75, 3.05) is 6.54 Å². The van der Waals surface area contributed by atoms with E-state index in [1.807, 2.05) is 6.08 Å². The van der Waals surface area contributed by atoms with Crippen LogP contribution in [0.3, 0.4) is 0 Å². The van der Waals surface area contributed by atoms with Crippen LogP contribution in [-0.4, -0.2) is 6.54 Å². The van der Waals surface area contributed by atoms with Gasteiger partial charge in [0, 0.05) is 0 Å². The van der Waals surface area contributed by atoms with E-state index in [1.165, 1.54) is 0 Å². The van der Waals surface area contributed by atoms with Crippen molar-refractivity contribution >= 4 is 0 Å². The molecular formula is C5H8IN. The Morgan fingerprint density at radius 2 is 2.14 bits per heavy atom. The number of halogens is 1. The molecule has 1 aliphatic heterocycles. The molecule has 0 aromatic heterocycles. The van der Waals surface area contributed by atoms with Gasteiger partial charge in [0.2, 0.25) is 0 Å². The molecule has 1 aliphatic rings. The minimum atomic E-state index is 0. The molecule has 0 saturated heterocycles. The molecular weight excluding hydrogens is 201 g/mol. The third-order valence-electron chi connectivity index (χ3n) is 0.767. The van der Waals surface area contributed by atoms with E-state index < -0.39 is 0 Å². The zero-order valence-electron chi connectivity index (χ0n) is 3.97. The first-order valence-electron chi connectivity index (χ1n) is 2.15. The van der Waals surface area contributed by atoms with Crippen molar-refractivity contribution < 1.29 is 29.3 Å². The summed E-state index contributed by atoms with van der Waals surface area (Å²) in [7, 11) is 0. The van der Waals surface area contributed by atoms with Crippen LogP contribution in [0, 0.1) is 0 Å². The topological polar surface area (TPSA) is 16.6 Å². The summed E-state index contributed by atoms with van der Waals surface area (Å²) in [5.74, 6) is 0. The van der Waals surface area contributed by atoms with Crippen LogP contribution < -0.4 is 29.3 Å². The second-order valence-electron chi connectivity index (χ2n) is 1.28. The Balaban J connectivity index is 0.000000360. The fraction of sp³-hybridized carbons (Fsp3) is 0.200. The summed E-state index contributed by atoms with van der Waals surface area (Å²) in [6.45, 7) is 1.11. The number of hydrogen-bond donors (Lipinski definition) is 1. The predicted octanol–water partition coefficient (Wildman–Crippen LogP) is -3.36. The van der Waals surface area contributed by atoms with Gasteiger partial charge >= 0.3 is 0 Å². The molecule has 0 saturated carbocycles. The van der Waals surface area contributed by atoms with Gasteiger partial charge in [-0.3, -0.25) is 0 Å². The van der Waals surface area contributed by atoms with Gasteiger partial charge in [-0.1, -0.05) is 6.08 Å². The van der Waals surface area contributed by atoms with Crippen LogP contribution in [0.15, 0.2) is 24.4 Å². The first-order valence-corrected chi connectivity index (χ1v) is 2.15. The van der Waals surface area contributed by atoms with Crippen LogP contribution in [0.25, 0.3) is 0 Å². The van der Waals surface area contributed by atoms with Crippen LogP contribution in [0.5, 0.6) is 0 Å². The maximum Gasteiger partial charge on any atom is 0.0987 e. The highest BCUT2D eigenvalue weighted by atomic mass is 127.